The summed E-state index contributed by atoms with van der Waals surface area (Å²) in [4.78, 5) is 0. The van der Waals surface area contributed by atoms with Crippen molar-refractivity contribution in [1.82, 2.24) is 5.32 Å². The van der Waals surface area contributed by atoms with Gasteiger partial charge in [0.1, 0.15) is 0 Å². The number of nitrogens with one attached hydrogen (secondary N) is 1. The lowest BCUT2D eigenvalue weighted by Crippen LogP contribution is -2.16. The molecule has 2 aromatic rings. The van der Waals surface area contributed by atoms with Crippen molar-refractivity contribution in [3.8, 4) is 11.1 Å². The average molecular weight is 261 g/mol. The van der Waals surface area contributed by atoms with Gasteiger partial charge < -0.3 is 5.32 Å². The van der Waals surface area contributed by atoms with E-state index in [4.69, 9.17) is 0 Å². The van der Waals surface area contributed by atoms with E-state index in [1.807, 2.05) is 6.20 Å². The molecule has 0 saturated heterocycles. The molecule has 1 heteroatoms. The van der Waals surface area contributed by atoms with Gasteiger partial charge in [0.25, 0.3) is 0 Å². The van der Waals surface area contributed by atoms with E-state index in [1.54, 1.807) is 0 Å². The molecule has 0 fully saturated rings. The van der Waals surface area contributed by atoms with Crippen LogP contribution in [0, 0.1) is 6.92 Å². The van der Waals surface area contributed by atoms with Crippen LogP contribution in [0.4, 0.5) is 0 Å². The lowest BCUT2D eigenvalue weighted by Gasteiger charge is -2.19. The van der Waals surface area contributed by atoms with Crippen molar-refractivity contribution in [2.24, 2.45) is 0 Å². The maximum absolute atomic E-state index is 3.40. The van der Waals surface area contributed by atoms with Gasteiger partial charge >= 0.3 is 0 Å². The van der Waals surface area contributed by atoms with Crippen LogP contribution in [-0.4, -0.2) is 0 Å². The summed E-state index contributed by atoms with van der Waals surface area (Å²) in [7, 11) is 0. The van der Waals surface area contributed by atoms with Gasteiger partial charge in [0, 0.05) is 0 Å². The van der Waals surface area contributed by atoms with Gasteiger partial charge in [-0.2, -0.15) is 0 Å². The van der Waals surface area contributed by atoms with E-state index in [9.17, 15) is 0 Å². The Hall–Kier alpha value is -2.28. The van der Waals surface area contributed by atoms with Crippen LogP contribution in [0.5, 0.6) is 0 Å². The van der Waals surface area contributed by atoms with Crippen molar-refractivity contribution < 1.29 is 0 Å². The van der Waals surface area contributed by atoms with Crippen LogP contribution in [0.3, 0.4) is 0 Å². The van der Waals surface area contributed by atoms with E-state index in [0.29, 0.717) is 0 Å². The van der Waals surface area contributed by atoms with Crippen molar-refractivity contribution in [2.75, 3.05) is 0 Å². The Kier molecular flexibility index (Phi) is 3.42. The highest BCUT2D eigenvalue weighted by Gasteiger charge is 2.10. The van der Waals surface area contributed by atoms with E-state index in [2.05, 4.69) is 79.8 Å². The number of allylic oxidation sites excluding steroid dienone is 2. The van der Waals surface area contributed by atoms with Crippen LogP contribution >= 0.6 is 0 Å². The van der Waals surface area contributed by atoms with Crippen molar-refractivity contribution in [1.29, 1.82) is 0 Å². The molecule has 1 aliphatic heterocycles. The van der Waals surface area contributed by atoms with Crippen LogP contribution < -0.4 is 5.32 Å². The Balaban J connectivity index is 1.94. The summed E-state index contributed by atoms with van der Waals surface area (Å²) in [5, 5.41) is 3.40. The minimum absolute atomic E-state index is 0.269. The lowest BCUT2D eigenvalue weighted by molar-refractivity contribution is 0.739. The van der Waals surface area contributed by atoms with E-state index < -0.39 is 0 Å². The molecular weight excluding hydrogens is 242 g/mol. The van der Waals surface area contributed by atoms with Crippen LogP contribution in [-0.2, 0) is 0 Å². The van der Waals surface area contributed by atoms with Crippen LogP contribution in [0.15, 0.2) is 72.5 Å². The summed E-state index contributed by atoms with van der Waals surface area (Å²) >= 11 is 0. The van der Waals surface area contributed by atoms with Gasteiger partial charge in [0.05, 0.1) is 6.04 Å². The van der Waals surface area contributed by atoms with Gasteiger partial charge in [-0.3, -0.25) is 0 Å². The predicted octanol–water partition coefficient (Wildman–Crippen LogP) is 4.77. The van der Waals surface area contributed by atoms with Gasteiger partial charge in [-0.25, -0.2) is 0 Å². The van der Waals surface area contributed by atoms with Crippen LogP contribution in [0.1, 0.15) is 24.1 Å². The van der Waals surface area contributed by atoms with E-state index in [0.717, 1.165) is 0 Å². The molecule has 1 unspecified atom stereocenters. The number of dihydropyridines is 1. The number of aryl methyl sites for hydroxylation is 1. The van der Waals surface area contributed by atoms with Crippen molar-refractivity contribution in [2.45, 2.75) is 19.9 Å². The highest BCUT2D eigenvalue weighted by atomic mass is 14.9. The Bertz CT molecular complexity index is 662. The first-order chi connectivity index (χ1) is 9.72. The SMILES string of the molecule is CC1=CC(c2cccc(-c3ccc(C)cc3)c2)NC=C1. The summed E-state index contributed by atoms with van der Waals surface area (Å²) in [6, 6.07) is 17.7. The number of rotatable bonds is 2. The van der Waals surface area contributed by atoms with Crippen LogP contribution in [0.25, 0.3) is 11.1 Å². The molecule has 100 valence electrons. The van der Waals surface area contributed by atoms with E-state index in [1.165, 1.54) is 27.8 Å². The highest BCUT2D eigenvalue weighted by molar-refractivity contribution is 5.64. The predicted molar refractivity (Wildman–Crippen MR) is 85.4 cm³/mol. The third-order valence-electron chi connectivity index (χ3n) is 3.68. The fourth-order valence-corrected chi connectivity index (χ4v) is 2.50. The van der Waals surface area contributed by atoms with Gasteiger partial charge in [-0.05, 0) is 48.9 Å². The van der Waals surface area contributed by atoms with Gasteiger partial charge in [-0.1, -0.05) is 59.7 Å². The molecule has 1 aliphatic rings. The molecule has 2 aromatic carbocycles. The topological polar surface area (TPSA) is 12.0 Å². The summed E-state index contributed by atoms with van der Waals surface area (Å²) in [6.45, 7) is 4.25. The second-order valence-corrected chi connectivity index (χ2v) is 5.38. The maximum Gasteiger partial charge on any atom is 0.0698 e. The Labute approximate surface area is 120 Å². The van der Waals surface area contributed by atoms with Crippen molar-refractivity contribution >= 4 is 0 Å². The fraction of sp³-hybridized carbons (Fsp3) is 0.158. The van der Waals surface area contributed by atoms with E-state index in [-0.39, 0.29) is 6.04 Å². The van der Waals surface area contributed by atoms with Gasteiger partial charge in [0.2, 0.25) is 0 Å². The molecule has 0 radical (unpaired) electrons. The monoisotopic (exact) mass is 261 g/mol. The molecule has 0 aromatic heterocycles. The number of benzene rings is 2. The Morgan fingerprint density at radius 1 is 0.900 bits per heavy atom. The quantitative estimate of drug-likeness (QED) is 0.821. The normalized spacial score (nSPS) is 17.5. The number of hydrogen-bond acceptors (Lipinski definition) is 1. The maximum atomic E-state index is 3.40. The number of hydrogen-bond donors (Lipinski definition) is 1. The molecule has 3 rings (SSSR count). The molecule has 1 heterocycles. The molecule has 1 atom stereocenters. The molecule has 0 aliphatic carbocycles. The fourth-order valence-electron chi connectivity index (χ4n) is 2.50. The van der Waals surface area contributed by atoms with Gasteiger partial charge in [0.15, 0.2) is 0 Å². The highest BCUT2D eigenvalue weighted by Crippen LogP contribution is 2.26. The third kappa shape index (κ3) is 2.67. The lowest BCUT2D eigenvalue weighted by atomic mass is 9.97. The smallest absolute Gasteiger partial charge is 0.0698 e. The molecule has 0 saturated carbocycles. The molecular formula is C19H19N. The summed E-state index contributed by atoms with van der Waals surface area (Å²) in [5.74, 6) is 0. The summed E-state index contributed by atoms with van der Waals surface area (Å²) < 4.78 is 0. The second-order valence-electron chi connectivity index (χ2n) is 5.38. The van der Waals surface area contributed by atoms with Crippen molar-refractivity contribution in [3.05, 3.63) is 83.6 Å². The third-order valence-corrected chi connectivity index (χ3v) is 3.68. The molecule has 0 amide bonds. The molecule has 20 heavy (non-hydrogen) atoms. The average Bonchev–Trinajstić information content (AvgIpc) is 2.48. The standard InChI is InChI=1S/C19H19N/c1-14-6-8-16(9-7-14)17-4-3-5-18(13-17)19-12-15(2)10-11-20-19/h3-13,19-20H,1-2H3. The minimum atomic E-state index is 0.269. The minimum Gasteiger partial charge on any atom is -0.381 e. The van der Waals surface area contributed by atoms with Gasteiger partial charge in [-0.15, -0.1) is 0 Å². The van der Waals surface area contributed by atoms with E-state index >= 15 is 0 Å². The zero-order valence-corrected chi connectivity index (χ0v) is 11.9. The molecule has 0 spiro atoms. The van der Waals surface area contributed by atoms with Crippen LogP contribution in [0.2, 0.25) is 0 Å². The Morgan fingerprint density at radius 3 is 2.45 bits per heavy atom. The Morgan fingerprint density at radius 2 is 1.70 bits per heavy atom. The second kappa shape index (κ2) is 5.38. The summed E-state index contributed by atoms with van der Waals surface area (Å²) in [5.41, 5.74) is 6.43. The first-order valence-corrected chi connectivity index (χ1v) is 7.00. The zero-order valence-electron chi connectivity index (χ0n) is 11.9. The first-order valence-electron chi connectivity index (χ1n) is 7.00. The molecule has 1 nitrogen and oxygen atoms in total. The zero-order chi connectivity index (χ0) is 13.9. The first kappa shape index (κ1) is 12.7. The van der Waals surface area contributed by atoms with Crippen molar-refractivity contribution in [3.63, 3.8) is 0 Å². The molecule has 0 bridgehead atoms. The molecule has 1 N–H and O–H groups in total. The summed E-state index contributed by atoms with van der Waals surface area (Å²) in [6.07, 6.45) is 6.38. The largest absolute Gasteiger partial charge is 0.381 e.